The average molecular weight is 379 g/mol. The van der Waals surface area contributed by atoms with E-state index in [1.165, 1.54) is 5.56 Å². The van der Waals surface area contributed by atoms with Crippen LogP contribution in [0.2, 0.25) is 0 Å². The zero-order valence-electron chi connectivity index (χ0n) is 16.2. The molecule has 0 saturated heterocycles. The van der Waals surface area contributed by atoms with E-state index in [-0.39, 0.29) is 12.1 Å². The number of hydrogen-bond acceptors (Lipinski definition) is 4. The lowest BCUT2D eigenvalue weighted by Gasteiger charge is -2.25. The molecule has 1 aliphatic rings. The lowest BCUT2D eigenvalue weighted by molar-refractivity contribution is 0.244. The first kappa shape index (κ1) is 18.2. The van der Waals surface area contributed by atoms with Crippen LogP contribution in [-0.2, 0) is 32.9 Å². The van der Waals surface area contributed by atoms with Gasteiger partial charge in [0.2, 0.25) is 0 Å². The van der Waals surface area contributed by atoms with Crippen molar-refractivity contribution in [2.24, 2.45) is 7.05 Å². The number of urea groups is 1. The van der Waals surface area contributed by atoms with Crippen LogP contribution in [0.15, 0.2) is 36.4 Å². The molecule has 1 atom stereocenters. The number of fused-ring (bicyclic) bond motifs is 1. The predicted octanol–water partition coefficient (Wildman–Crippen LogP) is 2.30. The molecule has 8 heteroatoms. The topological polar surface area (TPSA) is 89.7 Å². The molecule has 0 aliphatic carbocycles. The van der Waals surface area contributed by atoms with Crippen molar-refractivity contribution in [2.45, 2.75) is 45.2 Å². The van der Waals surface area contributed by atoms with E-state index in [0.717, 1.165) is 43.0 Å². The normalized spacial score (nSPS) is 15.9. The van der Waals surface area contributed by atoms with Crippen molar-refractivity contribution < 1.29 is 4.79 Å². The Labute approximate surface area is 164 Å². The second kappa shape index (κ2) is 7.84. The molecule has 0 saturated carbocycles. The number of hydrogen-bond donors (Lipinski definition) is 2. The van der Waals surface area contributed by atoms with E-state index in [4.69, 9.17) is 0 Å². The maximum Gasteiger partial charge on any atom is 0.320 e. The Bertz CT molecular complexity index is 960. The van der Waals surface area contributed by atoms with Crippen molar-refractivity contribution in [3.8, 4) is 0 Å². The van der Waals surface area contributed by atoms with Crippen LogP contribution in [0.1, 0.15) is 36.3 Å². The van der Waals surface area contributed by atoms with Crippen molar-refractivity contribution in [3.05, 3.63) is 59.3 Å². The number of nitrogens with zero attached hydrogens (tertiary/aromatic N) is 5. The Morgan fingerprint density at radius 2 is 2.07 bits per heavy atom. The summed E-state index contributed by atoms with van der Waals surface area (Å²) in [5, 5.41) is 19.0. The highest BCUT2D eigenvalue weighted by molar-refractivity contribution is 5.88. The molecule has 1 aliphatic heterocycles. The molecule has 2 amide bonds. The monoisotopic (exact) mass is 379 g/mol. The fourth-order valence-corrected chi connectivity index (χ4v) is 3.56. The van der Waals surface area contributed by atoms with E-state index in [2.05, 4.69) is 42.6 Å². The van der Waals surface area contributed by atoms with Gasteiger partial charge in [-0.1, -0.05) is 37.3 Å². The van der Waals surface area contributed by atoms with Gasteiger partial charge in [0, 0.05) is 38.5 Å². The second-order valence-electron chi connectivity index (χ2n) is 7.14. The SMILES string of the molecule is CCc1cc(NC(=O)NC2CCc3nnc(Cc4ccccc4)n3C2)n(C)n1. The molecule has 1 aromatic carbocycles. The smallest absolute Gasteiger partial charge is 0.320 e. The summed E-state index contributed by atoms with van der Waals surface area (Å²) >= 11 is 0. The summed E-state index contributed by atoms with van der Waals surface area (Å²) < 4.78 is 3.83. The van der Waals surface area contributed by atoms with Gasteiger partial charge in [0.25, 0.3) is 0 Å². The van der Waals surface area contributed by atoms with Crippen molar-refractivity contribution >= 4 is 11.8 Å². The standard InChI is InChI=1S/C20H25N7O/c1-3-15-12-18(26(2)25-15)22-20(28)21-16-9-10-17-23-24-19(27(17)13-16)11-14-7-5-4-6-8-14/h4-8,12,16H,3,9-11,13H2,1-2H3,(H2,21,22,28). The van der Waals surface area contributed by atoms with Crippen molar-refractivity contribution in [1.82, 2.24) is 29.9 Å². The van der Waals surface area contributed by atoms with Gasteiger partial charge >= 0.3 is 6.03 Å². The summed E-state index contributed by atoms with van der Waals surface area (Å²) in [6.07, 6.45) is 3.23. The number of amides is 2. The number of nitrogens with one attached hydrogen (secondary N) is 2. The van der Waals surface area contributed by atoms with Gasteiger partial charge in [-0.3, -0.25) is 10.00 Å². The minimum absolute atomic E-state index is 0.0388. The number of benzene rings is 1. The fraction of sp³-hybridized carbons (Fsp3) is 0.400. The van der Waals surface area contributed by atoms with Crippen LogP contribution in [0.5, 0.6) is 0 Å². The van der Waals surface area contributed by atoms with Crippen molar-refractivity contribution in [2.75, 3.05) is 5.32 Å². The first-order valence-corrected chi connectivity index (χ1v) is 9.67. The van der Waals surface area contributed by atoms with E-state index < -0.39 is 0 Å². The number of rotatable bonds is 5. The predicted molar refractivity (Wildman–Crippen MR) is 106 cm³/mol. The molecular weight excluding hydrogens is 354 g/mol. The molecule has 2 N–H and O–H groups in total. The maximum atomic E-state index is 12.5. The van der Waals surface area contributed by atoms with E-state index in [9.17, 15) is 4.79 Å². The third kappa shape index (κ3) is 3.90. The highest BCUT2D eigenvalue weighted by Gasteiger charge is 2.24. The zero-order chi connectivity index (χ0) is 19.5. The average Bonchev–Trinajstić information content (AvgIpc) is 3.26. The van der Waals surface area contributed by atoms with E-state index >= 15 is 0 Å². The van der Waals surface area contributed by atoms with Gasteiger partial charge in [-0.05, 0) is 18.4 Å². The van der Waals surface area contributed by atoms with E-state index in [0.29, 0.717) is 12.4 Å². The van der Waals surface area contributed by atoms with Crippen LogP contribution in [0.3, 0.4) is 0 Å². The summed E-state index contributed by atoms with van der Waals surface area (Å²) in [5.41, 5.74) is 2.16. The number of aryl methyl sites for hydroxylation is 3. The summed E-state index contributed by atoms with van der Waals surface area (Å²) in [6.45, 7) is 2.72. The van der Waals surface area contributed by atoms with E-state index in [1.54, 1.807) is 4.68 Å². The quantitative estimate of drug-likeness (QED) is 0.712. The highest BCUT2D eigenvalue weighted by atomic mass is 16.2. The molecule has 0 fully saturated rings. The minimum Gasteiger partial charge on any atom is -0.333 e. The minimum atomic E-state index is -0.211. The summed E-state index contributed by atoms with van der Waals surface area (Å²) in [4.78, 5) is 12.5. The van der Waals surface area contributed by atoms with Gasteiger partial charge in [0.1, 0.15) is 17.5 Å². The van der Waals surface area contributed by atoms with Gasteiger partial charge in [0.05, 0.1) is 5.69 Å². The summed E-state index contributed by atoms with van der Waals surface area (Å²) in [6, 6.07) is 12.0. The van der Waals surface area contributed by atoms with Gasteiger partial charge in [0.15, 0.2) is 0 Å². The molecular formula is C20H25N7O. The summed E-state index contributed by atoms with van der Waals surface area (Å²) in [7, 11) is 1.83. The third-order valence-electron chi connectivity index (χ3n) is 5.10. The Hall–Kier alpha value is -3.16. The molecule has 4 rings (SSSR count). The van der Waals surface area contributed by atoms with Gasteiger partial charge < -0.3 is 9.88 Å². The molecule has 1 unspecified atom stereocenters. The van der Waals surface area contributed by atoms with Gasteiger partial charge in [-0.25, -0.2) is 4.79 Å². The molecule has 0 spiro atoms. The summed E-state index contributed by atoms with van der Waals surface area (Å²) in [5.74, 6) is 2.62. The van der Waals surface area contributed by atoms with Crippen LogP contribution in [0.25, 0.3) is 0 Å². The Balaban J connectivity index is 1.40. The molecule has 0 radical (unpaired) electrons. The van der Waals surface area contributed by atoms with Crippen LogP contribution >= 0.6 is 0 Å². The molecule has 2 aromatic heterocycles. The van der Waals surface area contributed by atoms with Crippen LogP contribution < -0.4 is 10.6 Å². The molecule has 146 valence electrons. The van der Waals surface area contributed by atoms with E-state index in [1.807, 2.05) is 38.2 Å². The third-order valence-corrected chi connectivity index (χ3v) is 5.10. The first-order valence-electron chi connectivity index (χ1n) is 9.67. The van der Waals surface area contributed by atoms with Crippen LogP contribution in [-0.4, -0.2) is 36.6 Å². The maximum absolute atomic E-state index is 12.5. The largest absolute Gasteiger partial charge is 0.333 e. The van der Waals surface area contributed by atoms with Crippen LogP contribution in [0, 0.1) is 0 Å². The lowest BCUT2D eigenvalue weighted by atomic mass is 10.1. The number of aromatic nitrogens is 5. The Morgan fingerprint density at radius 3 is 2.82 bits per heavy atom. The first-order chi connectivity index (χ1) is 13.6. The lowest BCUT2D eigenvalue weighted by Crippen LogP contribution is -2.43. The van der Waals surface area contributed by atoms with Crippen molar-refractivity contribution in [1.29, 1.82) is 0 Å². The molecule has 8 nitrogen and oxygen atoms in total. The molecule has 3 heterocycles. The number of carbonyl (C=O) groups is 1. The zero-order valence-corrected chi connectivity index (χ0v) is 16.2. The highest BCUT2D eigenvalue weighted by Crippen LogP contribution is 2.18. The fourth-order valence-electron chi connectivity index (χ4n) is 3.56. The second-order valence-corrected chi connectivity index (χ2v) is 7.14. The Morgan fingerprint density at radius 1 is 1.25 bits per heavy atom. The molecule has 28 heavy (non-hydrogen) atoms. The number of anilines is 1. The molecule has 3 aromatic rings. The van der Waals surface area contributed by atoms with Crippen LogP contribution in [0.4, 0.5) is 10.6 Å². The van der Waals surface area contributed by atoms with Crippen molar-refractivity contribution in [3.63, 3.8) is 0 Å². The van der Waals surface area contributed by atoms with Gasteiger partial charge in [-0.15, -0.1) is 10.2 Å². The molecule has 0 bridgehead atoms. The van der Waals surface area contributed by atoms with Gasteiger partial charge in [-0.2, -0.15) is 5.10 Å². The Kier molecular flexibility index (Phi) is 5.10. The number of carbonyl (C=O) groups excluding carboxylic acids is 1.